The van der Waals surface area contributed by atoms with Gasteiger partial charge in [0.05, 0.1) is 23.8 Å². The molecule has 1 amide bonds. The summed E-state index contributed by atoms with van der Waals surface area (Å²) in [5.41, 5.74) is 4.33. The number of hydrogen-bond acceptors (Lipinski definition) is 8. The van der Waals surface area contributed by atoms with Crippen LogP contribution in [0, 0.1) is 0 Å². The van der Waals surface area contributed by atoms with Crippen molar-refractivity contribution in [3.05, 3.63) is 34.9 Å². The van der Waals surface area contributed by atoms with Crippen molar-refractivity contribution in [2.45, 2.75) is 20.8 Å². The lowest BCUT2D eigenvalue weighted by molar-refractivity contribution is -0.111. The van der Waals surface area contributed by atoms with Crippen LogP contribution in [0.5, 0.6) is 0 Å². The van der Waals surface area contributed by atoms with E-state index in [1.165, 1.54) is 12.1 Å². The number of oxime groups is 1. The maximum atomic E-state index is 12.5. The van der Waals surface area contributed by atoms with Crippen molar-refractivity contribution in [1.82, 2.24) is 0 Å². The lowest BCUT2D eigenvalue weighted by atomic mass is 10.2. The Morgan fingerprint density at radius 3 is 2.12 bits per heavy atom. The number of primary amides is 1. The van der Waals surface area contributed by atoms with Crippen LogP contribution in [0.3, 0.4) is 0 Å². The van der Waals surface area contributed by atoms with Crippen molar-refractivity contribution in [2.75, 3.05) is 19.8 Å². The van der Waals surface area contributed by atoms with Crippen LogP contribution in [0.15, 0.2) is 29.4 Å². The van der Waals surface area contributed by atoms with Gasteiger partial charge in [0.25, 0.3) is 11.4 Å². The smallest absolute Gasteiger partial charge is 0.388 e. The van der Waals surface area contributed by atoms with E-state index in [1.54, 1.807) is 32.9 Å². The molecule has 3 N–H and O–H groups in total. The van der Waals surface area contributed by atoms with Crippen LogP contribution in [0.1, 0.15) is 31.1 Å². The number of aliphatic hydroxyl groups is 1. The Morgan fingerprint density at radius 2 is 1.69 bits per heavy atom. The Balaban J connectivity index is 0.00000194. The molecule has 0 atom stereocenters. The number of benzene rings is 1. The first-order valence-corrected chi connectivity index (χ1v) is 9.53. The van der Waals surface area contributed by atoms with Crippen LogP contribution in [0.2, 0.25) is 5.02 Å². The number of hydrogen-bond donors (Lipinski definition) is 2. The molecule has 1 rings (SSSR count). The molecule has 0 heterocycles. The molecule has 0 saturated heterocycles. The summed E-state index contributed by atoms with van der Waals surface area (Å²) in [5.74, 6) is -2.14. The predicted octanol–water partition coefficient (Wildman–Crippen LogP) is 2.56. The van der Waals surface area contributed by atoms with Crippen molar-refractivity contribution >= 4 is 36.5 Å². The van der Waals surface area contributed by atoms with Crippen LogP contribution in [-0.4, -0.2) is 42.3 Å². The minimum Gasteiger partial charge on any atom is -0.397 e. The summed E-state index contributed by atoms with van der Waals surface area (Å²) in [6, 6.07) is 6.05. The molecular weight excluding hydrogens is 387 g/mol. The first-order chi connectivity index (χ1) is 12.3. The summed E-state index contributed by atoms with van der Waals surface area (Å²) in [6.45, 7) is 4.96. The maximum absolute atomic E-state index is 12.5. The zero-order valence-electron chi connectivity index (χ0n) is 14.7. The molecule has 0 radical (unpaired) electrons. The number of halogens is 1. The van der Waals surface area contributed by atoms with Gasteiger partial charge in [0.1, 0.15) is 0 Å². The number of amides is 1. The van der Waals surface area contributed by atoms with Crippen molar-refractivity contribution in [3.63, 3.8) is 0 Å². The highest BCUT2D eigenvalue weighted by Crippen LogP contribution is 2.49. The van der Waals surface area contributed by atoms with Crippen LogP contribution >= 0.6 is 19.2 Å². The standard InChI is InChI=1S/C13H16ClN2O6P.C2H6O/c1-3-20-23(19,21-4-2)12(11(15)17)16-22-13(18)9-7-5-6-8-10(9)14;1-2-3/h5-8H,3-4H2,1-2H3,(H2,15,17);3H,2H2,1H3/b16-12-;. The van der Waals surface area contributed by atoms with E-state index in [2.05, 4.69) is 9.99 Å². The van der Waals surface area contributed by atoms with E-state index >= 15 is 0 Å². The van der Waals surface area contributed by atoms with Crippen molar-refractivity contribution < 1.29 is 33.1 Å². The molecule has 0 saturated carbocycles. The predicted molar refractivity (Wildman–Crippen MR) is 97.1 cm³/mol. The topological polar surface area (TPSA) is 138 Å². The third-order valence-corrected chi connectivity index (χ3v) is 4.73. The highest BCUT2D eigenvalue weighted by molar-refractivity contribution is 7.75. The quantitative estimate of drug-likeness (QED) is 0.292. The van der Waals surface area contributed by atoms with Gasteiger partial charge in [-0.1, -0.05) is 28.9 Å². The number of nitrogens with two attached hydrogens (primary N) is 1. The monoisotopic (exact) mass is 408 g/mol. The van der Waals surface area contributed by atoms with E-state index in [1.807, 2.05) is 0 Å². The molecule has 9 nitrogen and oxygen atoms in total. The lowest BCUT2D eigenvalue weighted by Crippen LogP contribution is -2.26. The first-order valence-electron chi connectivity index (χ1n) is 7.61. The van der Waals surface area contributed by atoms with E-state index in [0.717, 1.165) is 0 Å². The second-order valence-electron chi connectivity index (χ2n) is 4.29. The van der Waals surface area contributed by atoms with Gasteiger partial charge in [0, 0.05) is 6.61 Å². The van der Waals surface area contributed by atoms with Crippen LogP contribution in [-0.2, 0) is 23.2 Å². The second-order valence-corrected chi connectivity index (χ2v) is 6.63. The molecule has 0 fully saturated rings. The molecule has 26 heavy (non-hydrogen) atoms. The summed E-state index contributed by atoms with van der Waals surface area (Å²) >= 11 is 5.84. The molecule has 0 spiro atoms. The third kappa shape index (κ3) is 7.63. The molecule has 146 valence electrons. The molecule has 0 aliphatic heterocycles. The van der Waals surface area contributed by atoms with E-state index in [0.29, 0.717) is 0 Å². The molecule has 1 aromatic carbocycles. The number of carbonyl (C=O) groups excluding carboxylic acids is 2. The normalized spacial score (nSPS) is 11.3. The van der Waals surface area contributed by atoms with Crippen LogP contribution < -0.4 is 5.73 Å². The summed E-state index contributed by atoms with van der Waals surface area (Å²) in [5, 5.41) is 11.0. The maximum Gasteiger partial charge on any atom is 0.388 e. The van der Waals surface area contributed by atoms with Crippen molar-refractivity contribution in [3.8, 4) is 0 Å². The highest BCUT2D eigenvalue weighted by Gasteiger charge is 2.37. The van der Waals surface area contributed by atoms with Gasteiger partial charge in [-0.2, -0.15) is 0 Å². The molecule has 11 heteroatoms. The molecule has 0 aliphatic carbocycles. The Hall–Kier alpha value is -1.77. The van der Waals surface area contributed by atoms with Gasteiger partial charge in [-0.05, 0) is 32.9 Å². The number of nitrogens with zero attached hydrogens (tertiary/aromatic N) is 1. The summed E-state index contributed by atoms with van der Waals surface area (Å²) < 4.78 is 22.4. The van der Waals surface area contributed by atoms with Gasteiger partial charge in [-0.15, -0.1) is 0 Å². The van der Waals surface area contributed by atoms with Crippen LogP contribution in [0.25, 0.3) is 0 Å². The minimum absolute atomic E-state index is 0.0180. The van der Waals surface area contributed by atoms with Gasteiger partial charge in [-0.3, -0.25) is 9.36 Å². The largest absolute Gasteiger partial charge is 0.397 e. The van der Waals surface area contributed by atoms with E-state index < -0.39 is 24.9 Å². The zero-order chi connectivity index (χ0) is 20.2. The average Bonchev–Trinajstić information content (AvgIpc) is 2.56. The zero-order valence-corrected chi connectivity index (χ0v) is 16.3. The van der Waals surface area contributed by atoms with E-state index in [9.17, 15) is 14.2 Å². The van der Waals surface area contributed by atoms with Gasteiger partial charge in [0.2, 0.25) is 0 Å². The summed E-state index contributed by atoms with van der Waals surface area (Å²) in [7, 11) is -4.08. The molecule has 0 unspecified atom stereocenters. The Morgan fingerprint density at radius 1 is 1.19 bits per heavy atom. The summed E-state index contributed by atoms with van der Waals surface area (Å²) in [4.78, 5) is 28.0. The number of carbonyl (C=O) groups is 2. The third-order valence-electron chi connectivity index (χ3n) is 2.39. The first kappa shape index (κ1) is 24.2. The van der Waals surface area contributed by atoms with E-state index in [4.69, 9.17) is 31.5 Å². The SMILES string of the molecule is CCO.CCOP(=O)(OCC)/C(=N\OC(=O)c1ccccc1Cl)C(N)=O. The molecule has 1 aromatic rings. The van der Waals surface area contributed by atoms with Gasteiger partial charge < -0.3 is 24.7 Å². The Kier molecular flexibility index (Phi) is 11.7. The fourth-order valence-corrected chi connectivity index (χ4v) is 3.11. The van der Waals surface area contributed by atoms with Gasteiger partial charge in [-0.25, -0.2) is 4.79 Å². The number of rotatable bonds is 8. The van der Waals surface area contributed by atoms with Crippen molar-refractivity contribution in [1.29, 1.82) is 0 Å². The highest BCUT2D eigenvalue weighted by atomic mass is 35.5. The molecule has 0 bridgehead atoms. The van der Waals surface area contributed by atoms with Crippen LogP contribution in [0.4, 0.5) is 0 Å². The fourth-order valence-electron chi connectivity index (χ4n) is 1.49. The summed E-state index contributed by atoms with van der Waals surface area (Å²) in [6.07, 6.45) is 0. The Bertz CT molecular complexity index is 672. The molecule has 0 aliphatic rings. The van der Waals surface area contributed by atoms with Gasteiger partial charge in [0.15, 0.2) is 0 Å². The fraction of sp³-hybridized carbons (Fsp3) is 0.400. The minimum atomic E-state index is -4.08. The Labute approximate surface area is 156 Å². The van der Waals surface area contributed by atoms with Crippen molar-refractivity contribution in [2.24, 2.45) is 10.9 Å². The number of aliphatic hydroxyl groups excluding tert-OH is 1. The molecular formula is C15H22ClN2O7P. The van der Waals surface area contributed by atoms with Gasteiger partial charge >= 0.3 is 13.6 Å². The average molecular weight is 409 g/mol. The second kappa shape index (κ2) is 12.6. The molecule has 0 aromatic heterocycles. The lowest BCUT2D eigenvalue weighted by Gasteiger charge is -2.16. The van der Waals surface area contributed by atoms with E-state index in [-0.39, 0.29) is 30.4 Å².